The zero-order valence-corrected chi connectivity index (χ0v) is 4.89. The first-order valence-corrected chi connectivity index (χ1v) is 2.61. The van der Waals surface area contributed by atoms with E-state index < -0.39 is 13.3 Å². The average molecular weight is 126 g/mol. The lowest BCUT2D eigenvalue weighted by Gasteiger charge is -1.94. The van der Waals surface area contributed by atoms with E-state index in [1.807, 2.05) is 0 Å². The van der Waals surface area contributed by atoms with Crippen molar-refractivity contribution in [3.05, 3.63) is 35.4 Å². The molecule has 2 N–H and O–H groups in total. The van der Waals surface area contributed by atoms with Crippen molar-refractivity contribution >= 4 is 0 Å². The fraction of sp³-hybridized carbons (Fsp3) is 0.250. The quantitative estimate of drug-likeness (QED) is 0.605. The Morgan fingerprint density at radius 2 is 2.22 bits per heavy atom. The van der Waals surface area contributed by atoms with Gasteiger partial charge in [0.15, 0.2) is 0 Å². The van der Waals surface area contributed by atoms with Crippen molar-refractivity contribution in [2.45, 2.75) is 13.3 Å². The van der Waals surface area contributed by atoms with Crippen LogP contribution in [0.25, 0.3) is 0 Å². The Hall–Kier alpha value is -0.820. The molecule has 0 bridgehead atoms. The fourth-order valence-electron chi connectivity index (χ4n) is 0.566. The van der Waals surface area contributed by atoms with Crippen LogP contribution in [0.5, 0.6) is 0 Å². The SMILES string of the molecule is [2H]C([2H])([2H])c1ccc(C([2H])([2H])N)cc1. The maximum atomic E-state index is 7.20. The highest BCUT2D eigenvalue weighted by Gasteiger charge is 1.84. The van der Waals surface area contributed by atoms with E-state index in [0.717, 1.165) is 0 Å². The number of hydrogen-bond donors (Lipinski definition) is 1. The molecule has 0 unspecified atom stereocenters. The van der Waals surface area contributed by atoms with Gasteiger partial charge in [-0.15, -0.1) is 0 Å². The molecule has 0 spiro atoms. The van der Waals surface area contributed by atoms with Gasteiger partial charge in [0.25, 0.3) is 0 Å². The summed E-state index contributed by atoms with van der Waals surface area (Å²) < 4.78 is 35.7. The molecule has 0 aliphatic rings. The van der Waals surface area contributed by atoms with Crippen LogP contribution in [0.2, 0.25) is 0 Å². The highest BCUT2D eigenvalue weighted by molar-refractivity contribution is 5.20. The van der Waals surface area contributed by atoms with Gasteiger partial charge in [-0.3, -0.25) is 0 Å². The first-order valence-electron chi connectivity index (χ1n) is 5.11. The summed E-state index contributed by atoms with van der Waals surface area (Å²) in [5.74, 6) is 0. The lowest BCUT2D eigenvalue weighted by atomic mass is 10.2. The summed E-state index contributed by atoms with van der Waals surface area (Å²) in [4.78, 5) is 0. The van der Waals surface area contributed by atoms with Crippen molar-refractivity contribution in [1.29, 1.82) is 0 Å². The Bertz CT molecular complexity index is 275. The number of hydrogen-bond acceptors (Lipinski definition) is 1. The average Bonchev–Trinajstić information content (AvgIpc) is 2.01. The van der Waals surface area contributed by atoms with E-state index in [9.17, 15) is 0 Å². The van der Waals surface area contributed by atoms with E-state index in [-0.39, 0.29) is 11.1 Å². The molecule has 0 aromatic heterocycles. The first kappa shape index (κ1) is 2.43. The van der Waals surface area contributed by atoms with Gasteiger partial charge >= 0.3 is 0 Å². The normalized spacial score (nSPS) is 20.8. The third-order valence-corrected chi connectivity index (χ3v) is 1.05. The van der Waals surface area contributed by atoms with Gasteiger partial charge in [-0.2, -0.15) is 0 Å². The van der Waals surface area contributed by atoms with Gasteiger partial charge in [-0.1, -0.05) is 29.8 Å². The topological polar surface area (TPSA) is 26.0 Å². The summed E-state index contributed by atoms with van der Waals surface area (Å²) in [7, 11) is 0. The second kappa shape index (κ2) is 2.65. The number of aryl methyl sites for hydroxylation is 1. The Labute approximate surface area is 62.5 Å². The lowest BCUT2D eigenvalue weighted by molar-refractivity contribution is 1.07. The van der Waals surface area contributed by atoms with Crippen molar-refractivity contribution in [2.75, 3.05) is 0 Å². The van der Waals surface area contributed by atoms with E-state index >= 15 is 0 Å². The molecule has 0 fully saturated rings. The summed E-state index contributed by atoms with van der Waals surface area (Å²) in [6, 6.07) is 5.52. The second-order valence-corrected chi connectivity index (χ2v) is 1.72. The van der Waals surface area contributed by atoms with Crippen LogP contribution in [0, 0.1) is 6.85 Å². The van der Waals surface area contributed by atoms with Gasteiger partial charge in [0.05, 0.1) is 0 Å². The molecule has 0 heterocycles. The molecule has 1 aromatic carbocycles. The second-order valence-electron chi connectivity index (χ2n) is 1.72. The predicted octanol–water partition coefficient (Wildman–Crippen LogP) is 1.45. The van der Waals surface area contributed by atoms with Crippen molar-refractivity contribution in [3.63, 3.8) is 0 Å². The van der Waals surface area contributed by atoms with Crippen LogP contribution < -0.4 is 5.73 Å². The number of rotatable bonds is 1. The minimum Gasteiger partial charge on any atom is -0.326 e. The van der Waals surface area contributed by atoms with Crippen molar-refractivity contribution in [1.82, 2.24) is 0 Å². The minimum absolute atomic E-state index is 0.186. The van der Waals surface area contributed by atoms with Gasteiger partial charge in [-0.05, 0) is 12.4 Å². The smallest absolute Gasteiger partial charge is 0.0477 e. The molecule has 0 saturated carbocycles. The molecule has 1 rings (SSSR count). The van der Waals surface area contributed by atoms with Crippen LogP contribution in [0.3, 0.4) is 0 Å². The molecule has 1 nitrogen and oxygen atoms in total. The summed E-state index contributed by atoms with van der Waals surface area (Å²) in [5, 5.41) is 0. The first-order chi connectivity index (χ1) is 6.21. The Balaban J connectivity index is 3.02. The summed E-state index contributed by atoms with van der Waals surface area (Å²) >= 11 is 0. The third kappa shape index (κ3) is 1.54. The Morgan fingerprint density at radius 3 is 2.67 bits per heavy atom. The van der Waals surface area contributed by atoms with Crippen molar-refractivity contribution < 1.29 is 6.85 Å². The maximum Gasteiger partial charge on any atom is 0.0477 e. The Morgan fingerprint density at radius 1 is 1.56 bits per heavy atom. The maximum absolute atomic E-state index is 7.20. The van der Waals surface area contributed by atoms with Crippen molar-refractivity contribution in [2.24, 2.45) is 5.73 Å². The van der Waals surface area contributed by atoms with Crippen LogP contribution in [-0.4, -0.2) is 0 Å². The standard InChI is InChI=1S/C8H11N/c1-7-2-4-8(6-9)5-3-7/h2-5H,6,9H2,1H3/i1D3,6D2. The molecule has 0 radical (unpaired) electrons. The monoisotopic (exact) mass is 126 g/mol. The number of nitrogens with two attached hydrogens (primary N) is 1. The molecule has 0 aliphatic heterocycles. The van der Waals surface area contributed by atoms with Crippen LogP contribution in [-0.2, 0) is 6.50 Å². The largest absolute Gasteiger partial charge is 0.326 e. The highest BCUT2D eigenvalue weighted by atomic mass is 14.5. The van der Waals surface area contributed by atoms with Gasteiger partial charge in [0.1, 0.15) is 0 Å². The van der Waals surface area contributed by atoms with E-state index in [0.29, 0.717) is 0 Å². The van der Waals surface area contributed by atoms with E-state index in [4.69, 9.17) is 12.6 Å². The molecule has 1 heteroatoms. The minimum atomic E-state index is -2.15. The van der Waals surface area contributed by atoms with E-state index in [2.05, 4.69) is 0 Å². The van der Waals surface area contributed by atoms with Crippen molar-refractivity contribution in [3.8, 4) is 0 Å². The van der Waals surface area contributed by atoms with Crippen LogP contribution in [0.15, 0.2) is 24.3 Å². The molecule has 9 heavy (non-hydrogen) atoms. The van der Waals surface area contributed by atoms with Gasteiger partial charge in [0, 0.05) is 13.4 Å². The third-order valence-electron chi connectivity index (χ3n) is 1.05. The molecule has 0 atom stereocenters. The van der Waals surface area contributed by atoms with Gasteiger partial charge in [0.2, 0.25) is 0 Å². The fourth-order valence-corrected chi connectivity index (χ4v) is 0.566. The zero-order valence-electron chi connectivity index (χ0n) is 9.89. The zero-order chi connectivity index (χ0) is 11.0. The Kier molecular flexibility index (Phi) is 0.714. The van der Waals surface area contributed by atoms with Gasteiger partial charge < -0.3 is 5.73 Å². The molecular formula is C8H11N. The molecule has 0 aliphatic carbocycles. The highest BCUT2D eigenvalue weighted by Crippen LogP contribution is 2.00. The summed E-state index contributed by atoms with van der Waals surface area (Å²) in [6.07, 6.45) is 0. The van der Waals surface area contributed by atoms with Gasteiger partial charge in [-0.25, -0.2) is 0 Å². The lowest BCUT2D eigenvalue weighted by Crippen LogP contribution is -1.94. The molecule has 0 amide bonds. The summed E-state index contributed by atoms with van der Waals surface area (Å²) in [6.45, 7) is -4.08. The molecule has 1 aromatic rings. The summed E-state index contributed by atoms with van der Waals surface area (Å²) in [5.41, 5.74) is 5.66. The predicted molar refractivity (Wildman–Crippen MR) is 39.1 cm³/mol. The molecule has 0 saturated heterocycles. The molecular weight excluding hydrogens is 110 g/mol. The van der Waals surface area contributed by atoms with Crippen LogP contribution >= 0.6 is 0 Å². The number of benzene rings is 1. The van der Waals surface area contributed by atoms with E-state index in [1.54, 1.807) is 0 Å². The van der Waals surface area contributed by atoms with Crippen LogP contribution in [0.4, 0.5) is 0 Å². The molecule has 48 valence electrons. The van der Waals surface area contributed by atoms with Crippen LogP contribution in [0.1, 0.15) is 18.0 Å². The van der Waals surface area contributed by atoms with E-state index in [1.165, 1.54) is 24.3 Å².